The molecule has 0 radical (unpaired) electrons. The van der Waals surface area contributed by atoms with Crippen LogP contribution in [0.5, 0.6) is 0 Å². The molecule has 4 nitrogen and oxygen atoms in total. The summed E-state index contributed by atoms with van der Waals surface area (Å²) in [6.07, 6.45) is 0.660. The first-order valence-electron chi connectivity index (χ1n) is 7.93. The Balaban J connectivity index is 2.05. The predicted octanol–water partition coefficient (Wildman–Crippen LogP) is 5.05. The van der Waals surface area contributed by atoms with Gasteiger partial charge in [-0.15, -0.1) is 0 Å². The summed E-state index contributed by atoms with van der Waals surface area (Å²) in [4.78, 5) is 24.1. The Hall–Kier alpha value is -2.04. The molecule has 6 heteroatoms. The maximum Gasteiger partial charge on any atom is 0.338 e. The minimum Gasteiger partial charge on any atom is -0.462 e. The van der Waals surface area contributed by atoms with Gasteiger partial charge in [0.05, 0.1) is 12.2 Å². The summed E-state index contributed by atoms with van der Waals surface area (Å²) >= 11 is 12.2. The molecule has 2 aromatic rings. The van der Waals surface area contributed by atoms with E-state index in [1.807, 2.05) is 6.92 Å². The molecule has 132 valence electrons. The monoisotopic (exact) mass is 379 g/mol. The molecule has 0 unspecified atom stereocenters. The number of aryl methyl sites for hydroxylation is 1. The van der Waals surface area contributed by atoms with Gasteiger partial charge in [-0.2, -0.15) is 0 Å². The first-order chi connectivity index (χ1) is 11.9. The highest BCUT2D eigenvalue weighted by atomic mass is 35.5. The summed E-state index contributed by atoms with van der Waals surface area (Å²) in [5.74, 6) is -0.596. The Labute approximate surface area is 157 Å². The molecule has 0 atom stereocenters. The third kappa shape index (κ3) is 5.21. The van der Waals surface area contributed by atoms with Crippen LogP contribution in [0.1, 0.15) is 34.8 Å². The van der Waals surface area contributed by atoms with Crippen LogP contribution in [0.3, 0.4) is 0 Å². The van der Waals surface area contributed by atoms with Crippen molar-refractivity contribution in [2.45, 2.75) is 26.7 Å². The number of hydrogen-bond acceptors (Lipinski definition) is 3. The van der Waals surface area contributed by atoms with Crippen LogP contribution in [0.4, 0.5) is 5.69 Å². The molecule has 0 aromatic heterocycles. The summed E-state index contributed by atoms with van der Waals surface area (Å²) in [7, 11) is 0. The zero-order valence-corrected chi connectivity index (χ0v) is 15.6. The Morgan fingerprint density at radius 3 is 2.44 bits per heavy atom. The van der Waals surface area contributed by atoms with Crippen LogP contribution in [-0.4, -0.2) is 18.5 Å². The number of ether oxygens (including phenoxy) is 1. The van der Waals surface area contributed by atoms with Crippen molar-refractivity contribution >= 4 is 40.8 Å². The largest absolute Gasteiger partial charge is 0.462 e. The van der Waals surface area contributed by atoms with E-state index in [4.69, 9.17) is 27.9 Å². The van der Waals surface area contributed by atoms with E-state index in [1.54, 1.807) is 43.3 Å². The van der Waals surface area contributed by atoms with E-state index < -0.39 is 5.97 Å². The van der Waals surface area contributed by atoms with Gasteiger partial charge in [0.1, 0.15) is 0 Å². The van der Waals surface area contributed by atoms with Gasteiger partial charge in [0.2, 0.25) is 5.91 Å². The molecule has 0 aliphatic heterocycles. The Morgan fingerprint density at radius 2 is 1.80 bits per heavy atom. The number of carbonyl (C=O) groups is 2. The quantitative estimate of drug-likeness (QED) is 0.714. The third-order valence-corrected chi connectivity index (χ3v) is 4.39. The summed E-state index contributed by atoms with van der Waals surface area (Å²) < 4.78 is 4.98. The van der Waals surface area contributed by atoms with Gasteiger partial charge >= 0.3 is 5.97 Å². The fourth-order valence-corrected chi connectivity index (χ4v) is 2.91. The van der Waals surface area contributed by atoms with Crippen molar-refractivity contribution in [2.24, 2.45) is 0 Å². The van der Waals surface area contributed by atoms with Gasteiger partial charge in [-0.3, -0.25) is 4.79 Å². The van der Waals surface area contributed by atoms with E-state index in [1.165, 1.54) is 0 Å². The van der Waals surface area contributed by atoms with Crippen molar-refractivity contribution in [1.29, 1.82) is 0 Å². The van der Waals surface area contributed by atoms with Crippen molar-refractivity contribution < 1.29 is 14.3 Å². The van der Waals surface area contributed by atoms with Gasteiger partial charge in [0.15, 0.2) is 0 Å². The Kier molecular flexibility index (Phi) is 6.85. The lowest BCUT2D eigenvalue weighted by molar-refractivity contribution is -0.116. The molecule has 2 rings (SSSR count). The second kappa shape index (κ2) is 8.88. The average molecular weight is 380 g/mol. The van der Waals surface area contributed by atoms with Gasteiger partial charge in [0.25, 0.3) is 0 Å². The normalized spacial score (nSPS) is 10.4. The van der Waals surface area contributed by atoms with Gasteiger partial charge in [-0.05, 0) is 55.7 Å². The number of anilines is 1. The van der Waals surface area contributed by atoms with Crippen molar-refractivity contribution in [3.05, 3.63) is 63.1 Å². The first-order valence-corrected chi connectivity index (χ1v) is 8.68. The predicted molar refractivity (Wildman–Crippen MR) is 101 cm³/mol. The molecule has 0 bridgehead atoms. The van der Waals surface area contributed by atoms with E-state index in [0.717, 1.165) is 11.1 Å². The van der Waals surface area contributed by atoms with E-state index in [9.17, 15) is 9.59 Å². The van der Waals surface area contributed by atoms with Crippen LogP contribution in [-0.2, 0) is 16.0 Å². The lowest BCUT2D eigenvalue weighted by Gasteiger charge is -2.11. The number of nitrogens with one attached hydrogen (secondary N) is 1. The van der Waals surface area contributed by atoms with Gasteiger partial charge in [-0.1, -0.05) is 35.3 Å². The number of halogens is 2. The highest BCUT2D eigenvalue weighted by molar-refractivity contribution is 6.36. The maximum absolute atomic E-state index is 12.3. The number of esters is 1. The lowest BCUT2D eigenvalue weighted by Crippen LogP contribution is -2.14. The van der Waals surface area contributed by atoms with Gasteiger partial charge < -0.3 is 10.1 Å². The van der Waals surface area contributed by atoms with Crippen LogP contribution >= 0.6 is 23.2 Å². The number of carbonyl (C=O) groups excluding carboxylic acids is 2. The van der Waals surface area contributed by atoms with E-state index >= 15 is 0 Å². The molecule has 0 saturated carbocycles. The SMILES string of the molecule is CCOC(=O)c1ccc(C)c(NC(=O)CCc2c(Cl)cccc2Cl)c1. The van der Waals surface area contributed by atoms with Crippen molar-refractivity contribution in [2.75, 3.05) is 11.9 Å². The zero-order chi connectivity index (χ0) is 18.4. The molecular weight excluding hydrogens is 361 g/mol. The highest BCUT2D eigenvalue weighted by Gasteiger charge is 2.12. The minimum atomic E-state index is -0.416. The molecule has 0 fully saturated rings. The standard InChI is InChI=1S/C19H19Cl2NO3/c1-3-25-19(24)13-8-7-12(2)17(11-13)22-18(23)10-9-14-15(20)5-4-6-16(14)21/h4-8,11H,3,9-10H2,1-2H3,(H,22,23). The Morgan fingerprint density at radius 1 is 1.12 bits per heavy atom. The van der Waals surface area contributed by atoms with Gasteiger partial charge in [-0.25, -0.2) is 4.79 Å². The highest BCUT2D eigenvalue weighted by Crippen LogP contribution is 2.26. The van der Waals surface area contributed by atoms with E-state index in [0.29, 0.717) is 34.3 Å². The molecule has 1 N–H and O–H groups in total. The molecule has 25 heavy (non-hydrogen) atoms. The average Bonchev–Trinajstić information content (AvgIpc) is 2.56. The van der Waals surface area contributed by atoms with Crippen LogP contribution in [0.25, 0.3) is 0 Å². The molecule has 2 aromatic carbocycles. The first kappa shape index (κ1) is 19.3. The van der Waals surface area contributed by atoms with E-state index in [2.05, 4.69) is 5.32 Å². The van der Waals surface area contributed by atoms with Crippen molar-refractivity contribution in [3.63, 3.8) is 0 Å². The second-order valence-corrected chi connectivity index (χ2v) is 6.31. The van der Waals surface area contributed by atoms with Crippen LogP contribution in [0.15, 0.2) is 36.4 Å². The molecule has 0 heterocycles. The number of amides is 1. The van der Waals surface area contributed by atoms with Crippen molar-refractivity contribution in [3.8, 4) is 0 Å². The Bertz CT molecular complexity index is 770. The van der Waals surface area contributed by atoms with Crippen LogP contribution in [0.2, 0.25) is 10.0 Å². The topological polar surface area (TPSA) is 55.4 Å². The molecule has 0 saturated heterocycles. The fourth-order valence-electron chi connectivity index (χ4n) is 2.32. The number of hydrogen-bond donors (Lipinski definition) is 1. The molecule has 0 aliphatic carbocycles. The van der Waals surface area contributed by atoms with Crippen LogP contribution in [0, 0.1) is 6.92 Å². The smallest absolute Gasteiger partial charge is 0.338 e. The molecule has 1 amide bonds. The molecule has 0 aliphatic rings. The summed E-state index contributed by atoms with van der Waals surface area (Å²) in [6.45, 7) is 3.90. The van der Waals surface area contributed by atoms with Crippen LogP contribution < -0.4 is 5.32 Å². The number of rotatable bonds is 6. The summed E-state index contributed by atoms with van der Waals surface area (Å²) in [5.41, 5.74) is 2.59. The molecular formula is C19H19Cl2NO3. The zero-order valence-electron chi connectivity index (χ0n) is 14.1. The fraction of sp³-hybridized carbons (Fsp3) is 0.263. The summed E-state index contributed by atoms with van der Waals surface area (Å²) in [5, 5.41) is 3.91. The third-order valence-electron chi connectivity index (χ3n) is 3.69. The second-order valence-electron chi connectivity index (χ2n) is 5.50. The van der Waals surface area contributed by atoms with Crippen molar-refractivity contribution in [1.82, 2.24) is 0 Å². The minimum absolute atomic E-state index is 0.180. The molecule has 0 spiro atoms. The summed E-state index contributed by atoms with van der Waals surface area (Å²) in [6, 6.07) is 10.3. The van der Waals surface area contributed by atoms with E-state index in [-0.39, 0.29) is 12.3 Å². The lowest BCUT2D eigenvalue weighted by atomic mass is 10.1. The maximum atomic E-state index is 12.3. The number of benzene rings is 2. The van der Waals surface area contributed by atoms with Gasteiger partial charge in [0, 0.05) is 22.2 Å².